The first-order valence-electron chi connectivity index (χ1n) is 7.31. The average Bonchev–Trinajstić information content (AvgIpc) is 3.14. The largest absolute Gasteiger partial charge is 0.418 e. The molecule has 0 radical (unpaired) electrons. The van der Waals surface area contributed by atoms with Crippen LogP contribution < -0.4 is 0 Å². The van der Waals surface area contributed by atoms with E-state index >= 15 is 0 Å². The summed E-state index contributed by atoms with van der Waals surface area (Å²) in [5.74, 6) is 0. The average molecular weight is 326 g/mol. The van der Waals surface area contributed by atoms with Gasteiger partial charge in [-0.1, -0.05) is 23.4 Å². The molecule has 23 heavy (non-hydrogen) atoms. The van der Waals surface area contributed by atoms with Crippen molar-refractivity contribution in [2.45, 2.75) is 31.2 Å². The van der Waals surface area contributed by atoms with E-state index < -0.39 is 18.3 Å². The Balaban J connectivity index is 1.75. The second-order valence-electron chi connectivity index (χ2n) is 5.85. The van der Waals surface area contributed by atoms with Crippen molar-refractivity contribution in [3.8, 4) is 5.69 Å². The van der Waals surface area contributed by atoms with Crippen molar-refractivity contribution in [3.05, 3.63) is 42.2 Å². The highest BCUT2D eigenvalue weighted by atomic mass is 19.4. The molecule has 2 aromatic rings. The van der Waals surface area contributed by atoms with E-state index in [1.807, 2.05) is 30.3 Å². The second-order valence-corrected chi connectivity index (χ2v) is 5.85. The van der Waals surface area contributed by atoms with Gasteiger partial charge in [-0.25, -0.2) is 4.68 Å². The van der Waals surface area contributed by atoms with E-state index in [2.05, 4.69) is 10.3 Å². The molecule has 1 fully saturated rings. The van der Waals surface area contributed by atoms with E-state index in [0.717, 1.165) is 5.69 Å². The van der Waals surface area contributed by atoms with E-state index in [0.29, 0.717) is 5.69 Å². The number of hydrogen-bond acceptors (Lipinski definition) is 4. The molecule has 1 aromatic heterocycles. The fraction of sp³-hybridized carbons (Fsp3) is 0.467. The third-order valence-corrected chi connectivity index (χ3v) is 4.31. The maximum Gasteiger partial charge on any atom is 0.418 e. The van der Waals surface area contributed by atoms with Gasteiger partial charge in [-0.2, -0.15) is 13.2 Å². The predicted molar refractivity (Wildman–Crippen MR) is 77.0 cm³/mol. The molecule has 0 saturated carbocycles. The molecular weight excluding hydrogens is 309 g/mol. The number of aliphatic hydroxyl groups is 1. The molecule has 0 bridgehead atoms. The summed E-state index contributed by atoms with van der Waals surface area (Å²) in [6, 6.07) is 8.98. The van der Waals surface area contributed by atoms with Crippen LogP contribution in [0, 0.1) is 0 Å². The third kappa shape index (κ3) is 2.96. The smallest absolute Gasteiger partial charge is 0.379 e. The summed E-state index contributed by atoms with van der Waals surface area (Å²) in [4.78, 5) is 1.58. The number of alkyl halides is 3. The monoisotopic (exact) mass is 326 g/mol. The van der Waals surface area contributed by atoms with E-state index in [1.54, 1.807) is 22.7 Å². The fourth-order valence-corrected chi connectivity index (χ4v) is 2.75. The lowest BCUT2D eigenvalue weighted by Gasteiger charge is -2.27. The third-order valence-electron chi connectivity index (χ3n) is 4.31. The molecule has 3 rings (SSSR count). The highest BCUT2D eigenvalue weighted by Crippen LogP contribution is 2.40. The summed E-state index contributed by atoms with van der Waals surface area (Å²) in [6.07, 6.45) is -3.25. The zero-order chi connectivity index (χ0) is 16.7. The van der Waals surface area contributed by atoms with Gasteiger partial charge in [0.05, 0.1) is 23.6 Å². The number of halogens is 3. The number of hydrogen-bond donors (Lipinski definition) is 1. The SMILES string of the molecule is CC(c1cn(-c2ccccc2)nn1)N1CCC(O)(C(F)(F)F)C1. The summed E-state index contributed by atoms with van der Waals surface area (Å²) in [5.41, 5.74) is -1.25. The quantitative estimate of drug-likeness (QED) is 0.940. The Labute approximate surface area is 131 Å². The van der Waals surface area contributed by atoms with Crippen LogP contribution in [-0.2, 0) is 0 Å². The molecule has 2 unspecified atom stereocenters. The van der Waals surface area contributed by atoms with Crippen molar-refractivity contribution >= 4 is 0 Å². The normalized spacial score (nSPS) is 24.0. The van der Waals surface area contributed by atoms with Crippen LogP contribution in [0.1, 0.15) is 25.1 Å². The second kappa shape index (κ2) is 5.61. The Morgan fingerprint density at radius 3 is 2.57 bits per heavy atom. The minimum absolute atomic E-state index is 0.162. The molecule has 1 aliphatic heterocycles. The van der Waals surface area contributed by atoms with Crippen LogP contribution in [0.4, 0.5) is 13.2 Å². The van der Waals surface area contributed by atoms with Crippen LogP contribution in [0.25, 0.3) is 5.69 Å². The first-order valence-corrected chi connectivity index (χ1v) is 7.31. The van der Waals surface area contributed by atoms with Gasteiger partial charge < -0.3 is 5.11 Å². The van der Waals surface area contributed by atoms with Crippen molar-refractivity contribution in [1.82, 2.24) is 19.9 Å². The van der Waals surface area contributed by atoms with Crippen LogP contribution >= 0.6 is 0 Å². The molecular formula is C15H17F3N4O. The maximum absolute atomic E-state index is 12.9. The highest BCUT2D eigenvalue weighted by molar-refractivity contribution is 5.30. The zero-order valence-corrected chi connectivity index (χ0v) is 12.5. The van der Waals surface area contributed by atoms with Gasteiger partial charge in [0.2, 0.25) is 0 Å². The number of aromatic nitrogens is 3. The number of benzene rings is 1. The van der Waals surface area contributed by atoms with E-state index in [9.17, 15) is 18.3 Å². The number of likely N-dealkylation sites (tertiary alicyclic amines) is 1. The topological polar surface area (TPSA) is 54.2 Å². The lowest BCUT2D eigenvalue weighted by Crippen LogP contribution is -2.47. The lowest BCUT2D eigenvalue weighted by molar-refractivity contribution is -0.254. The van der Waals surface area contributed by atoms with Crippen molar-refractivity contribution in [1.29, 1.82) is 0 Å². The van der Waals surface area contributed by atoms with Crippen LogP contribution in [0.2, 0.25) is 0 Å². The molecule has 1 N–H and O–H groups in total. The standard InChI is InChI=1S/C15H17F3N4O/c1-11(21-8-7-14(23,10-21)15(16,17)18)13-9-22(20-19-13)12-5-3-2-4-6-12/h2-6,9,11,23H,7-8,10H2,1H3. The summed E-state index contributed by atoms with van der Waals surface area (Å²) < 4.78 is 40.3. The Morgan fingerprint density at radius 1 is 1.26 bits per heavy atom. The van der Waals surface area contributed by atoms with Gasteiger partial charge in [-0.3, -0.25) is 4.90 Å². The Morgan fingerprint density at radius 2 is 1.96 bits per heavy atom. The van der Waals surface area contributed by atoms with Gasteiger partial charge in [0, 0.05) is 13.1 Å². The molecule has 2 atom stereocenters. The Hall–Kier alpha value is -1.93. The van der Waals surface area contributed by atoms with Gasteiger partial charge in [0.1, 0.15) is 0 Å². The molecule has 1 aliphatic rings. The van der Waals surface area contributed by atoms with Crippen LogP contribution in [0.15, 0.2) is 36.5 Å². The molecule has 8 heteroatoms. The number of rotatable bonds is 3. The summed E-state index contributed by atoms with van der Waals surface area (Å²) in [5, 5.41) is 17.8. The Bertz CT molecular complexity index is 673. The van der Waals surface area contributed by atoms with Gasteiger partial charge in [-0.15, -0.1) is 5.10 Å². The molecule has 2 heterocycles. The first kappa shape index (κ1) is 15.9. The van der Waals surface area contributed by atoms with Crippen LogP contribution in [0.3, 0.4) is 0 Å². The Kier molecular flexibility index (Phi) is 3.89. The molecule has 5 nitrogen and oxygen atoms in total. The van der Waals surface area contributed by atoms with E-state index in [-0.39, 0.29) is 19.0 Å². The molecule has 0 aliphatic carbocycles. The van der Waals surface area contributed by atoms with Crippen molar-refractivity contribution in [3.63, 3.8) is 0 Å². The summed E-state index contributed by atoms with van der Waals surface area (Å²) in [6.45, 7) is 1.48. The zero-order valence-electron chi connectivity index (χ0n) is 12.5. The van der Waals surface area contributed by atoms with Gasteiger partial charge >= 0.3 is 6.18 Å². The highest BCUT2D eigenvalue weighted by Gasteiger charge is 2.57. The predicted octanol–water partition coefficient (Wildman–Crippen LogP) is 2.33. The minimum Gasteiger partial charge on any atom is -0.379 e. The number of β-amino-alcohol motifs (C(OH)–C–C–N with tert-alkyl or cyclic N) is 1. The van der Waals surface area contributed by atoms with E-state index in [4.69, 9.17) is 0 Å². The molecule has 0 spiro atoms. The van der Waals surface area contributed by atoms with Crippen molar-refractivity contribution in [2.75, 3.05) is 13.1 Å². The number of nitrogens with zero attached hydrogens (tertiary/aromatic N) is 4. The van der Waals surface area contributed by atoms with Crippen LogP contribution in [0.5, 0.6) is 0 Å². The van der Waals surface area contributed by atoms with Gasteiger partial charge in [0.15, 0.2) is 5.60 Å². The molecule has 1 saturated heterocycles. The molecule has 1 aromatic carbocycles. The van der Waals surface area contributed by atoms with Gasteiger partial charge in [-0.05, 0) is 25.5 Å². The first-order chi connectivity index (χ1) is 10.8. The summed E-state index contributed by atoms with van der Waals surface area (Å²) >= 11 is 0. The molecule has 124 valence electrons. The maximum atomic E-state index is 12.9. The minimum atomic E-state index is -4.62. The van der Waals surface area contributed by atoms with Crippen molar-refractivity contribution < 1.29 is 18.3 Å². The summed E-state index contributed by atoms with van der Waals surface area (Å²) in [7, 11) is 0. The lowest BCUT2D eigenvalue weighted by atomic mass is 10.0. The van der Waals surface area contributed by atoms with Crippen LogP contribution in [-0.4, -0.2) is 49.9 Å². The fourth-order valence-electron chi connectivity index (χ4n) is 2.75. The van der Waals surface area contributed by atoms with E-state index in [1.165, 1.54) is 0 Å². The van der Waals surface area contributed by atoms with Crippen molar-refractivity contribution in [2.24, 2.45) is 0 Å². The number of para-hydroxylation sites is 1. The van der Waals surface area contributed by atoms with Gasteiger partial charge in [0.25, 0.3) is 0 Å². The molecule has 0 amide bonds.